The lowest BCUT2D eigenvalue weighted by molar-refractivity contribution is -0.147. The summed E-state index contributed by atoms with van der Waals surface area (Å²) in [5.41, 5.74) is -3.11. The number of pyridine rings is 1. The largest absolute Gasteiger partial charge is 0.434 e. The second-order valence-corrected chi connectivity index (χ2v) is 5.09. The molecule has 96 valence electrons. The molecule has 0 unspecified atom stereocenters. The maximum absolute atomic E-state index is 12.6. The zero-order valence-corrected chi connectivity index (χ0v) is 12.1. The molecule has 0 spiro atoms. The van der Waals surface area contributed by atoms with Crippen LogP contribution in [-0.4, -0.2) is 4.98 Å². The van der Waals surface area contributed by atoms with Gasteiger partial charge in [0.25, 0.3) is 0 Å². The molecule has 0 saturated carbocycles. The lowest BCUT2D eigenvalue weighted by Crippen LogP contribution is -2.16. The molecule has 1 nitrogen and oxygen atoms in total. The summed E-state index contributed by atoms with van der Waals surface area (Å²) in [6.07, 6.45) is -9.93. The minimum atomic E-state index is -4.98. The highest BCUT2D eigenvalue weighted by Crippen LogP contribution is 2.46. The van der Waals surface area contributed by atoms with E-state index in [2.05, 4.69) is 52.8 Å². The molecule has 0 aliphatic heterocycles. The van der Waals surface area contributed by atoms with Crippen molar-refractivity contribution in [2.24, 2.45) is 0 Å². The van der Waals surface area contributed by atoms with Crippen molar-refractivity contribution in [3.63, 3.8) is 0 Å². The van der Waals surface area contributed by atoms with Crippen molar-refractivity contribution in [2.75, 3.05) is 0 Å². The highest BCUT2D eigenvalue weighted by Gasteiger charge is 2.44. The minimum Gasteiger partial charge on any atom is -0.234 e. The van der Waals surface area contributed by atoms with Gasteiger partial charge in [0.1, 0.15) is 4.60 Å². The van der Waals surface area contributed by atoms with Crippen molar-refractivity contribution in [1.82, 2.24) is 4.98 Å². The van der Waals surface area contributed by atoms with Gasteiger partial charge >= 0.3 is 12.4 Å². The van der Waals surface area contributed by atoms with E-state index < -0.39 is 37.2 Å². The van der Waals surface area contributed by atoms with Gasteiger partial charge in [-0.2, -0.15) is 26.3 Å². The standard InChI is InChI=1S/C7Br3F6N/c8-2-1(6(11,12)13)3(9)5(10)17-4(2)7(14,15)16. The fraction of sp³-hybridized carbons (Fsp3) is 0.286. The van der Waals surface area contributed by atoms with E-state index in [1.165, 1.54) is 0 Å². The second-order valence-electron chi connectivity index (χ2n) is 2.75. The van der Waals surface area contributed by atoms with Crippen LogP contribution < -0.4 is 0 Å². The number of nitrogens with zero attached hydrogens (tertiary/aromatic N) is 1. The third kappa shape index (κ3) is 3.14. The Morgan fingerprint density at radius 2 is 1.24 bits per heavy atom. The van der Waals surface area contributed by atoms with Crippen molar-refractivity contribution < 1.29 is 26.3 Å². The van der Waals surface area contributed by atoms with Gasteiger partial charge < -0.3 is 0 Å². The van der Waals surface area contributed by atoms with E-state index in [-0.39, 0.29) is 0 Å². The quantitative estimate of drug-likeness (QED) is 0.380. The van der Waals surface area contributed by atoms with Gasteiger partial charge in [-0.15, -0.1) is 0 Å². The summed E-state index contributed by atoms with van der Waals surface area (Å²) in [4.78, 5) is 3.02. The van der Waals surface area contributed by atoms with Crippen molar-refractivity contribution in [2.45, 2.75) is 12.4 Å². The molecule has 0 atom stereocenters. The Kier molecular flexibility index (Phi) is 4.20. The van der Waals surface area contributed by atoms with E-state index in [1.54, 1.807) is 0 Å². The maximum Gasteiger partial charge on any atom is 0.434 e. The van der Waals surface area contributed by atoms with Gasteiger partial charge in [-0.3, -0.25) is 0 Å². The van der Waals surface area contributed by atoms with Crippen LogP contribution in [0.25, 0.3) is 0 Å². The van der Waals surface area contributed by atoms with Gasteiger partial charge in [0, 0.05) is 0 Å². The Morgan fingerprint density at radius 3 is 1.59 bits per heavy atom. The zero-order chi connectivity index (χ0) is 13.6. The molecule has 1 heterocycles. The van der Waals surface area contributed by atoms with Gasteiger partial charge in [0.2, 0.25) is 0 Å². The second kappa shape index (κ2) is 4.69. The molecule has 0 aromatic carbocycles. The molecule has 0 saturated heterocycles. The highest BCUT2D eigenvalue weighted by atomic mass is 79.9. The summed E-state index contributed by atoms with van der Waals surface area (Å²) in [5, 5.41) is 0. The molecule has 10 heteroatoms. The Morgan fingerprint density at radius 1 is 0.765 bits per heavy atom. The summed E-state index contributed by atoms with van der Waals surface area (Å²) >= 11 is 7.36. The molecule has 0 amide bonds. The number of hydrogen-bond acceptors (Lipinski definition) is 1. The van der Waals surface area contributed by atoms with Gasteiger partial charge in [-0.05, 0) is 47.8 Å². The predicted octanol–water partition coefficient (Wildman–Crippen LogP) is 5.41. The van der Waals surface area contributed by atoms with Crippen LogP contribution in [0.4, 0.5) is 26.3 Å². The van der Waals surface area contributed by atoms with Crippen molar-refractivity contribution in [3.8, 4) is 0 Å². The predicted molar refractivity (Wildman–Crippen MR) is 57.3 cm³/mol. The van der Waals surface area contributed by atoms with Crippen LogP contribution >= 0.6 is 47.8 Å². The van der Waals surface area contributed by atoms with Crippen molar-refractivity contribution in [3.05, 3.63) is 24.8 Å². The average molecular weight is 452 g/mol. The summed E-state index contributed by atoms with van der Waals surface area (Å²) in [6.45, 7) is 0. The average Bonchev–Trinajstić information content (AvgIpc) is 2.07. The molecule has 1 aromatic rings. The molecule has 0 aliphatic rings. The Balaban J connectivity index is 3.67. The molecule has 0 aliphatic carbocycles. The molecule has 1 aromatic heterocycles. The number of alkyl halides is 6. The molecule has 0 fully saturated rings. The van der Waals surface area contributed by atoms with E-state index in [1.807, 2.05) is 0 Å². The Bertz CT molecular complexity index is 452. The van der Waals surface area contributed by atoms with Crippen LogP contribution in [0.15, 0.2) is 13.5 Å². The maximum atomic E-state index is 12.6. The number of halogens is 9. The van der Waals surface area contributed by atoms with Crippen molar-refractivity contribution in [1.29, 1.82) is 0 Å². The lowest BCUT2D eigenvalue weighted by Gasteiger charge is -2.16. The van der Waals surface area contributed by atoms with Crippen molar-refractivity contribution >= 4 is 47.8 Å². The van der Waals surface area contributed by atoms with Crippen LogP contribution in [-0.2, 0) is 12.4 Å². The van der Waals surface area contributed by atoms with E-state index in [4.69, 9.17) is 0 Å². The third-order valence-corrected chi connectivity index (χ3v) is 4.24. The molecule has 0 bridgehead atoms. The first-order valence-electron chi connectivity index (χ1n) is 3.65. The normalized spacial score (nSPS) is 13.0. The number of hydrogen-bond donors (Lipinski definition) is 0. The van der Waals surface area contributed by atoms with E-state index >= 15 is 0 Å². The smallest absolute Gasteiger partial charge is 0.234 e. The van der Waals surface area contributed by atoms with Gasteiger partial charge in [0.05, 0.1) is 14.5 Å². The molecule has 1 rings (SSSR count). The third-order valence-electron chi connectivity index (χ3n) is 1.59. The first-order chi connectivity index (χ1) is 7.46. The summed E-state index contributed by atoms with van der Waals surface area (Å²) in [5.74, 6) is 0. The molecule has 0 radical (unpaired) electrons. The lowest BCUT2D eigenvalue weighted by atomic mass is 10.2. The molecular formula is C7Br3F6N. The van der Waals surface area contributed by atoms with E-state index in [0.717, 1.165) is 0 Å². The topological polar surface area (TPSA) is 12.9 Å². The summed E-state index contributed by atoms with van der Waals surface area (Å²) < 4.78 is 72.7. The molecular weight excluding hydrogens is 452 g/mol. The van der Waals surface area contributed by atoms with Gasteiger partial charge in [-0.1, -0.05) is 0 Å². The van der Waals surface area contributed by atoms with Crippen LogP contribution in [0.3, 0.4) is 0 Å². The highest BCUT2D eigenvalue weighted by molar-refractivity contribution is 9.13. The van der Waals surface area contributed by atoms with Crippen LogP contribution in [0.2, 0.25) is 0 Å². The van der Waals surface area contributed by atoms with E-state index in [0.29, 0.717) is 0 Å². The summed E-state index contributed by atoms with van der Waals surface area (Å²) in [6, 6.07) is 0. The van der Waals surface area contributed by atoms with Crippen LogP contribution in [0.1, 0.15) is 11.3 Å². The number of aromatic nitrogens is 1. The number of rotatable bonds is 0. The Hall–Kier alpha value is 0.170. The Labute approximate surface area is 116 Å². The monoisotopic (exact) mass is 449 g/mol. The van der Waals surface area contributed by atoms with Gasteiger partial charge in [-0.25, -0.2) is 4.98 Å². The fourth-order valence-corrected chi connectivity index (χ4v) is 2.84. The summed E-state index contributed by atoms with van der Waals surface area (Å²) in [7, 11) is 0. The first kappa shape index (κ1) is 15.2. The minimum absolute atomic E-state index is 0.569. The van der Waals surface area contributed by atoms with Crippen LogP contribution in [0, 0.1) is 0 Å². The molecule has 17 heavy (non-hydrogen) atoms. The van der Waals surface area contributed by atoms with E-state index in [9.17, 15) is 26.3 Å². The zero-order valence-electron chi connectivity index (χ0n) is 7.35. The fourth-order valence-electron chi connectivity index (χ4n) is 0.951. The molecule has 0 N–H and O–H groups in total. The van der Waals surface area contributed by atoms with Crippen LogP contribution in [0.5, 0.6) is 0 Å². The van der Waals surface area contributed by atoms with Gasteiger partial charge in [0.15, 0.2) is 5.69 Å². The first-order valence-corrected chi connectivity index (χ1v) is 6.03. The SMILES string of the molecule is FC(F)(F)c1nc(Br)c(Br)c(C(F)(F)F)c1Br.